The van der Waals surface area contributed by atoms with Crippen LogP contribution in [0.15, 0.2) is 18.2 Å². The molecular formula is C19H26BN3O7. The fourth-order valence-corrected chi connectivity index (χ4v) is 3.97. The Bertz CT molecular complexity index is 798. The van der Waals surface area contributed by atoms with Crippen molar-refractivity contribution in [3.8, 4) is 5.75 Å². The van der Waals surface area contributed by atoms with Crippen molar-refractivity contribution < 1.29 is 33.9 Å². The van der Waals surface area contributed by atoms with Crippen LogP contribution in [-0.4, -0.2) is 54.3 Å². The predicted molar refractivity (Wildman–Crippen MR) is 107 cm³/mol. The summed E-state index contributed by atoms with van der Waals surface area (Å²) in [5, 5.41) is 22.3. The minimum absolute atomic E-state index is 0.0108. The Balaban J connectivity index is 1.47. The Labute approximate surface area is 174 Å². The van der Waals surface area contributed by atoms with Crippen molar-refractivity contribution in [3.05, 3.63) is 29.3 Å². The summed E-state index contributed by atoms with van der Waals surface area (Å²) < 4.78 is 9.92. The first kappa shape index (κ1) is 21.9. The first-order valence-electron chi connectivity index (χ1n) is 9.96. The highest BCUT2D eigenvalue weighted by molar-refractivity contribution is 6.47. The second-order valence-electron chi connectivity index (χ2n) is 7.67. The molecule has 1 aliphatic carbocycles. The Morgan fingerprint density at radius 3 is 2.63 bits per heavy atom. The molecule has 2 aliphatic rings. The molecule has 1 aliphatic heterocycles. The smallest absolute Gasteiger partial charge is 0.534 e. The van der Waals surface area contributed by atoms with Crippen LogP contribution in [-0.2, 0) is 16.0 Å². The molecule has 10 nitrogen and oxygen atoms in total. The Hall–Kier alpha value is -2.79. The lowest BCUT2D eigenvalue weighted by molar-refractivity contribution is -0.122. The summed E-state index contributed by atoms with van der Waals surface area (Å²) in [5.74, 6) is -1.59. The van der Waals surface area contributed by atoms with E-state index >= 15 is 0 Å². The van der Waals surface area contributed by atoms with E-state index in [1.54, 1.807) is 12.1 Å². The molecule has 1 aromatic rings. The number of carbonyl (C=O) groups excluding carboxylic acids is 2. The number of nitrogens with one attached hydrogen (secondary N) is 3. The molecule has 1 atom stereocenters. The van der Waals surface area contributed by atoms with Gasteiger partial charge in [-0.25, -0.2) is 15.0 Å². The molecule has 1 heterocycles. The molecule has 0 radical (unpaired) electrons. The molecule has 30 heavy (non-hydrogen) atoms. The summed E-state index contributed by atoms with van der Waals surface area (Å²) in [4.78, 5) is 34.9. The summed E-state index contributed by atoms with van der Waals surface area (Å²) >= 11 is 0. The van der Waals surface area contributed by atoms with Crippen molar-refractivity contribution >= 4 is 25.1 Å². The highest BCUT2D eigenvalue weighted by atomic mass is 16.5. The number of hydrazine groups is 1. The van der Waals surface area contributed by atoms with Crippen LogP contribution in [0.5, 0.6) is 5.75 Å². The van der Waals surface area contributed by atoms with Gasteiger partial charge in [-0.2, -0.15) is 0 Å². The Kier molecular flexibility index (Phi) is 7.17. The number of aromatic carboxylic acids is 1. The maximum absolute atomic E-state index is 12.5. The summed E-state index contributed by atoms with van der Waals surface area (Å²) in [6, 6.07) is 4.89. The molecule has 0 spiro atoms. The normalized spacial score (nSPS) is 23.0. The van der Waals surface area contributed by atoms with E-state index in [4.69, 9.17) is 4.65 Å². The predicted octanol–water partition coefficient (Wildman–Crippen LogP) is 0.634. The quantitative estimate of drug-likeness (QED) is 0.334. The summed E-state index contributed by atoms with van der Waals surface area (Å²) in [5.41, 5.74) is 6.01. The van der Waals surface area contributed by atoms with Gasteiger partial charge in [0.2, 0.25) is 5.91 Å². The third-order valence-corrected chi connectivity index (χ3v) is 5.58. The topological polar surface area (TPSA) is 146 Å². The van der Waals surface area contributed by atoms with Crippen LogP contribution in [0.25, 0.3) is 0 Å². The average molecular weight is 419 g/mol. The first-order chi connectivity index (χ1) is 14.4. The van der Waals surface area contributed by atoms with E-state index in [2.05, 4.69) is 20.9 Å². The molecular weight excluding hydrogens is 393 g/mol. The Morgan fingerprint density at radius 2 is 1.97 bits per heavy atom. The van der Waals surface area contributed by atoms with Crippen LogP contribution in [0.1, 0.15) is 48.0 Å². The van der Waals surface area contributed by atoms with Crippen LogP contribution in [0, 0.1) is 5.92 Å². The van der Waals surface area contributed by atoms with Gasteiger partial charge >= 0.3 is 19.2 Å². The maximum atomic E-state index is 12.5. The van der Waals surface area contributed by atoms with E-state index in [-0.39, 0.29) is 29.2 Å². The molecule has 162 valence electrons. The van der Waals surface area contributed by atoms with Gasteiger partial charge in [0.15, 0.2) is 0 Å². The van der Waals surface area contributed by atoms with E-state index in [0.717, 1.165) is 25.7 Å². The van der Waals surface area contributed by atoms with Gasteiger partial charge in [0.25, 0.3) is 0 Å². The number of amides is 2. The van der Waals surface area contributed by atoms with Gasteiger partial charge in [0.05, 0.1) is 18.6 Å². The van der Waals surface area contributed by atoms with Gasteiger partial charge in [-0.15, -0.1) is 0 Å². The average Bonchev–Trinajstić information content (AvgIpc) is 2.73. The number of carbonyl (C=O) groups is 3. The number of para-hydroxylation sites is 1. The highest BCUT2D eigenvalue weighted by Gasteiger charge is 2.38. The number of hydrogen-bond donors (Lipinski definition) is 5. The summed E-state index contributed by atoms with van der Waals surface area (Å²) in [6.07, 6.45) is 3.40. The van der Waals surface area contributed by atoms with Gasteiger partial charge in [-0.3, -0.25) is 10.2 Å². The van der Waals surface area contributed by atoms with Crippen molar-refractivity contribution in [3.63, 3.8) is 0 Å². The van der Waals surface area contributed by atoms with Gasteiger partial charge in [-0.05, 0) is 49.7 Å². The number of methoxy groups -OCH3 is 1. The van der Waals surface area contributed by atoms with Crippen molar-refractivity contribution in [2.45, 2.75) is 50.5 Å². The minimum Gasteiger partial charge on any atom is -0.534 e. The zero-order valence-electron chi connectivity index (χ0n) is 16.7. The highest BCUT2D eigenvalue weighted by Crippen LogP contribution is 2.31. The van der Waals surface area contributed by atoms with Crippen molar-refractivity contribution in [1.82, 2.24) is 16.2 Å². The monoisotopic (exact) mass is 419 g/mol. The molecule has 1 saturated carbocycles. The third kappa shape index (κ3) is 5.42. The molecule has 1 fully saturated rings. The van der Waals surface area contributed by atoms with Gasteiger partial charge in [-0.1, -0.05) is 12.1 Å². The van der Waals surface area contributed by atoms with Crippen molar-refractivity contribution in [2.24, 2.45) is 5.92 Å². The molecule has 2 amide bonds. The van der Waals surface area contributed by atoms with Crippen molar-refractivity contribution in [1.29, 1.82) is 0 Å². The van der Waals surface area contributed by atoms with Gasteiger partial charge in [0, 0.05) is 12.5 Å². The number of fused-ring (bicyclic) bond motifs is 1. The number of hydrogen-bond acceptors (Lipinski definition) is 7. The van der Waals surface area contributed by atoms with E-state index in [1.807, 2.05) is 0 Å². The standard InChI is InChI=1S/C19H26BN3O7/c1-29-19(27)23-22-13-7-5-11(6-8-13)9-16(24)21-15-10-12-3-2-4-14(18(25)26)17(12)30-20(15)28/h2-4,11,13,15,22,28H,5-10H2,1H3,(H,21,24)(H,23,27)(H,25,26)/t11?,13?,15-/m0/s1. The van der Waals surface area contributed by atoms with Gasteiger partial charge in [0.1, 0.15) is 5.75 Å². The number of benzene rings is 1. The summed E-state index contributed by atoms with van der Waals surface area (Å²) in [7, 11) is -0.0175. The fourth-order valence-electron chi connectivity index (χ4n) is 3.97. The maximum Gasteiger partial charge on any atom is 0.547 e. The van der Waals surface area contributed by atoms with E-state index in [1.165, 1.54) is 13.2 Å². The lowest BCUT2D eigenvalue weighted by Crippen LogP contribution is -2.53. The van der Waals surface area contributed by atoms with E-state index < -0.39 is 25.1 Å². The molecule has 0 unspecified atom stereocenters. The molecule has 1 aromatic carbocycles. The molecule has 11 heteroatoms. The third-order valence-electron chi connectivity index (χ3n) is 5.58. The molecule has 0 aromatic heterocycles. The van der Waals surface area contributed by atoms with E-state index in [9.17, 15) is 24.5 Å². The van der Waals surface area contributed by atoms with Crippen LogP contribution in [0.2, 0.25) is 0 Å². The zero-order valence-corrected chi connectivity index (χ0v) is 16.7. The Morgan fingerprint density at radius 1 is 1.23 bits per heavy atom. The molecule has 0 saturated heterocycles. The van der Waals surface area contributed by atoms with Crippen molar-refractivity contribution in [2.75, 3.05) is 7.11 Å². The lowest BCUT2D eigenvalue weighted by atomic mass is 9.72. The fraction of sp³-hybridized carbons (Fsp3) is 0.526. The van der Waals surface area contributed by atoms with E-state index in [0.29, 0.717) is 18.4 Å². The van der Waals surface area contributed by atoms with Crippen LogP contribution < -0.4 is 20.8 Å². The zero-order chi connectivity index (χ0) is 21.7. The second kappa shape index (κ2) is 9.81. The lowest BCUT2D eigenvalue weighted by Gasteiger charge is -2.31. The number of carboxylic acid groups (broad SMARTS) is 1. The summed E-state index contributed by atoms with van der Waals surface area (Å²) in [6.45, 7) is 0. The molecule has 0 bridgehead atoms. The van der Waals surface area contributed by atoms with Crippen LogP contribution >= 0.6 is 0 Å². The second-order valence-corrected chi connectivity index (χ2v) is 7.67. The minimum atomic E-state index is -1.31. The number of ether oxygens (including phenoxy) is 1. The van der Waals surface area contributed by atoms with Crippen LogP contribution in [0.4, 0.5) is 4.79 Å². The SMILES string of the molecule is COC(=O)NNC1CCC(CC(=O)N[C@H]2Cc3cccc(C(=O)O)c3OB2O)CC1. The number of rotatable bonds is 6. The van der Waals surface area contributed by atoms with Gasteiger partial charge < -0.3 is 24.8 Å². The molecule has 3 rings (SSSR count). The molecule has 5 N–H and O–H groups in total. The van der Waals surface area contributed by atoms with Crippen LogP contribution in [0.3, 0.4) is 0 Å². The largest absolute Gasteiger partial charge is 0.547 e. The number of carboxylic acids is 1. The first-order valence-corrected chi connectivity index (χ1v) is 9.96.